The summed E-state index contributed by atoms with van der Waals surface area (Å²) in [5.41, 5.74) is 0.916. The number of nitrogens with zero attached hydrogens (tertiary/aromatic N) is 1. The first kappa shape index (κ1) is 18.6. The second-order valence-electron chi connectivity index (χ2n) is 9.67. The molecule has 0 saturated heterocycles. The van der Waals surface area contributed by atoms with Crippen molar-refractivity contribution in [1.82, 2.24) is 5.32 Å². The lowest BCUT2D eigenvalue weighted by atomic mass is 9.53. The van der Waals surface area contributed by atoms with Gasteiger partial charge in [0.15, 0.2) is 11.9 Å². The van der Waals surface area contributed by atoms with Crippen molar-refractivity contribution in [2.24, 2.45) is 17.8 Å². The second kappa shape index (κ2) is 6.57. The molecule has 5 aliphatic rings. The number of carbonyl (C=O) groups excluding carboxylic acids is 3. The monoisotopic (exact) mass is 396 g/mol. The highest BCUT2D eigenvalue weighted by atomic mass is 16.5. The summed E-state index contributed by atoms with van der Waals surface area (Å²) in [6, 6.07) is 5.05. The predicted octanol–water partition coefficient (Wildman–Crippen LogP) is 3.09. The zero-order valence-corrected chi connectivity index (χ0v) is 17.1. The van der Waals surface area contributed by atoms with E-state index in [0.717, 1.165) is 37.0 Å². The zero-order valence-electron chi connectivity index (χ0n) is 17.1. The van der Waals surface area contributed by atoms with E-state index in [4.69, 9.17) is 4.74 Å². The number of nitrogens with one attached hydrogen (secondary N) is 1. The highest BCUT2D eigenvalue weighted by Crippen LogP contribution is 2.55. The van der Waals surface area contributed by atoms with Gasteiger partial charge in [-0.3, -0.25) is 19.3 Å². The van der Waals surface area contributed by atoms with Gasteiger partial charge in [0.25, 0.3) is 5.91 Å². The number of carbonyl (C=O) groups is 3. The topological polar surface area (TPSA) is 75.7 Å². The third-order valence-corrected chi connectivity index (χ3v) is 7.32. The Hall–Kier alpha value is -2.37. The minimum absolute atomic E-state index is 0.0390. The summed E-state index contributed by atoms with van der Waals surface area (Å²) >= 11 is 0. The molecule has 6 heteroatoms. The van der Waals surface area contributed by atoms with Crippen LogP contribution in [0.25, 0.3) is 0 Å². The van der Waals surface area contributed by atoms with Crippen molar-refractivity contribution in [3.8, 4) is 5.75 Å². The fourth-order valence-corrected chi connectivity index (χ4v) is 6.53. The van der Waals surface area contributed by atoms with Gasteiger partial charge in [0, 0.05) is 11.1 Å². The van der Waals surface area contributed by atoms with Crippen LogP contribution in [0.15, 0.2) is 18.2 Å². The van der Waals surface area contributed by atoms with Crippen molar-refractivity contribution in [2.45, 2.75) is 64.0 Å². The molecule has 4 bridgehead atoms. The molecule has 4 aliphatic carbocycles. The summed E-state index contributed by atoms with van der Waals surface area (Å²) in [4.78, 5) is 39.1. The Morgan fingerprint density at radius 3 is 2.34 bits per heavy atom. The molecule has 1 atom stereocenters. The summed E-state index contributed by atoms with van der Waals surface area (Å²) < 4.78 is 5.69. The Balaban J connectivity index is 1.37. The van der Waals surface area contributed by atoms with Crippen LogP contribution < -0.4 is 15.0 Å². The summed E-state index contributed by atoms with van der Waals surface area (Å²) in [6.45, 7) is 3.14. The van der Waals surface area contributed by atoms with E-state index in [1.165, 1.54) is 31.1 Å². The number of ether oxygens (including phenoxy) is 1. The molecule has 154 valence electrons. The quantitative estimate of drug-likeness (QED) is 0.794. The van der Waals surface area contributed by atoms with Gasteiger partial charge < -0.3 is 10.1 Å². The van der Waals surface area contributed by atoms with E-state index in [-0.39, 0.29) is 29.7 Å². The summed E-state index contributed by atoms with van der Waals surface area (Å²) in [7, 11) is 0. The van der Waals surface area contributed by atoms with Crippen molar-refractivity contribution in [3.63, 3.8) is 0 Å². The first-order valence-corrected chi connectivity index (χ1v) is 10.8. The molecule has 1 heterocycles. The third kappa shape index (κ3) is 3.22. The average molecular weight is 396 g/mol. The van der Waals surface area contributed by atoms with Crippen LogP contribution in [-0.4, -0.2) is 35.8 Å². The van der Waals surface area contributed by atoms with Crippen LogP contribution in [0.1, 0.15) is 62.7 Å². The maximum absolute atomic E-state index is 13.1. The normalized spacial score (nSPS) is 34.6. The molecular weight excluding hydrogens is 368 g/mol. The Bertz CT molecular complexity index is 858. The number of amides is 2. The minimum atomic E-state index is -0.655. The number of rotatable bonds is 4. The van der Waals surface area contributed by atoms with Gasteiger partial charge in [-0.2, -0.15) is 0 Å². The largest absolute Gasteiger partial charge is 0.479 e. The lowest BCUT2D eigenvalue weighted by Gasteiger charge is -2.57. The van der Waals surface area contributed by atoms with E-state index >= 15 is 0 Å². The van der Waals surface area contributed by atoms with Crippen LogP contribution in [0.4, 0.5) is 5.69 Å². The zero-order chi connectivity index (χ0) is 20.3. The molecule has 1 unspecified atom stereocenters. The molecule has 6 rings (SSSR count). The van der Waals surface area contributed by atoms with Gasteiger partial charge in [-0.1, -0.05) is 0 Å². The standard InChI is InChI=1S/C23H28N2O4/c1-13(26)18-3-4-20-19(8-18)25(22(28)14(2)29-20)12-21(27)24-23-9-15-5-16(10-23)7-17(6-15)11-23/h3-4,8,14-17H,5-7,9-12H2,1-2H3,(H,24,27). The highest BCUT2D eigenvalue weighted by molar-refractivity contribution is 6.05. The minimum Gasteiger partial charge on any atom is -0.479 e. The molecule has 1 aromatic carbocycles. The Kier molecular flexibility index (Phi) is 4.23. The van der Waals surface area contributed by atoms with Crippen molar-refractivity contribution in [3.05, 3.63) is 23.8 Å². The van der Waals surface area contributed by atoms with Crippen LogP contribution >= 0.6 is 0 Å². The van der Waals surface area contributed by atoms with E-state index in [0.29, 0.717) is 17.0 Å². The van der Waals surface area contributed by atoms with Gasteiger partial charge in [0.2, 0.25) is 5.91 Å². The van der Waals surface area contributed by atoms with Gasteiger partial charge in [-0.25, -0.2) is 0 Å². The predicted molar refractivity (Wildman–Crippen MR) is 108 cm³/mol. The van der Waals surface area contributed by atoms with Gasteiger partial charge >= 0.3 is 0 Å². The smallest absolute Gasteiger partial charge is 0.268 e. The molecular formula is C23H28N2O4. The van der Waals surface area contributed by atoms with Gasteiger partial charge in [-0.05, 0) is 88.3 Å². The van der Waals surface area contributed by atoms with Crippen molar-refractivity contribution < 1.29 is 19.1 Å². The number of benzene rings is 1. The van der Waals surface area contributed by atoms with E-state index in [9.17, 15) is 14.4 Å². The lowest BCUT2D eigenvalue weighted by molar-refractivity contribution is -0.130. The number of hydrogen-bond acceptors (Lipinski definition) is 4. The summed E-state index contributed by atoms with van der Waals surface area (Å²) in [5.74, 6) is 2.30. The molecule has 6 nitrogen and oxygen atoms in total. The molecule has 0 spiro atoms. The van der Waals surface area contributed by atoms with Gasteiger partial charge in [-0.15, -0.1) is 0 Å². The van der Waals surface area contributed by atoms with Crippen LogP contribution in [0.3, 0.4) is 0 Å². The van der Waals surface area contributed by atoms with E-state index < -0.39 is 6.10 Å². The fraction of sp³-hybridized carbons (Fsp3) is 0.609. The van der Waals surface area contributed by atoms with Crippen LogP contribution in [0.5, 0.6) is 5.75 Å². The fourth-order valence-electron chi connectivity index (χ4n) is 6.53. The van der Waals surface area contributed by atoms with E-state index in [2.05, 4.69) is 5.32 Å². The lowest BCUT2D eigenvalue weighted by Crippen LogP contribution is -2.61. The Morgan fingerprint density at radius 1 is 1.14 bits per heavy atom. The van der Waals surface area contributed by atoms with Crippen molar-refractivity contribution >= 4 is 23.3 Å². The Labute approximate surface area is 171 Å². The van der Waals surface area contributed by atoms with E-state index in [1.54, 1.807) is 25.1 Å². The summed E-state index contributed by atoms with van der Waals surface area (Å²) in [6.07, 6.45) is 6.51. The van der Waals surface area contributed by atoms with E-state index in [1.807, 2.05) is 0 Å². The average Bonchev–Trinajstić information content (AvgIpc) is 2.63. The van der Waals surface area contributed by atoms with Crippen molar-refractivity contribution in [2.75, 3.05) is 11.4 Å². The molecule has 0 radical (unpaired) electrons. The maximum Gasteiger partial charge on any atom is 0.268 e. The molecule has 4 saturated carbocycles. The molecule has 4 fully saturated rings. The first-order valence-electron chi connectivity index (χ1n) is 10.8. The van der Waals surface area contributed by atoms with Crippen LogP contribution in [0.2, 0.25) is 0 Å². The van der Waals surface area contributed by atoms with Gasteiger partial charge in [0.05, 0.1) is 5.69 Å². The van der Waals surface area contributed by atoms with Crippen LogP contribution in [0, 0.1) is 17.8 Å². The van der Waals surface area contributed by atoms with Crippen LogP contribution in [-0.2, 0) is 9.59 Å². The second-order valence-corrected chi connectivity index (χ2v) is 9.67. The number of hydrogen-bond donors (Lipinski definition) is 1. The van der Waals surface area contributed by atoms with Crippen molar-refractivity contribution in [1.29, 1.82) is 0 Å². The molecule has 0 aromatic heterocycles. The number of Topliss-reactive ketones (excluding diaryl/α,β-unsaturated/α-hetero) is 1. The SMILES string of the molecule is CC(=O)c1ccc2c(c1)N(CC(=O)NC13CC4CC(CC(C4)C1)C3)C(=O)C(C)O2. The first-order chi connectivity index (χ1) is 13.8. The Morgan fingerprint density at radius 2 is 1.76 bits per heavy atom. The number of fused-ring (bicyclic) bond motifs is 1. The molecule has 1 aromatic rings. The molecule has 1 N–H and O–H groups in total. The van der Waals surface area contributed by atoms with Gasteiger partial charge in [0.1, 0.15) is 12.3 Å². The third-order valence-electron chi connectivity index (χ3n) is 7.32. The number of anilines is 1. The number of ketones is 1. The summed E-state index contributed by atoms with van der Waals surface area (Å²) in [5, 5.41) is 3.33. The molecule has 1 aliphatic heterocycles. The molecule has 2 amide bonds. The molecule has 29 heavy (non-hydrogen) atoms. The highest BCUT2D eigenvalue weighted by Gasteiger charge is 2.51. The maximum atomic E-state index is 13.1.